The van der Waals surface area contributed by atoms with E-state index in [1.807, 2.05) is 6.07 Å². The molecule has 7 nitrogen and oxygen atoms in total. The lowest BCUT2D eigenvalue weighted by atomic mass is 10.1. The maximum absolute atomic E-state index is 12.0. The molecule has 0 aliphatic carbocycles. The van der Waals surface area contributed by atoms with Gasteiger partial charge in [0.2, 0.25) is 0 Å². The maximum Gasteiger partial charge on any atom is 0.355 e. The smallest absolute Gasteiger partial charge is 0.355 e. The Balaban J connectivity index is 2.25. The number of nitrogens with two attached hydrogens (primary N) is 1. The lowest BCUT2D eigenvalue weighted by Crippen LogP contribution is -2.12. The van der Waals surface area contributed by atoms with Gasteiger partial charge in [-0.25, -0.2) is 9.59 Å². The number of thiophene rings is 1. The summed E-state index contributed by atoms with van der Waals surface area (Å²) in [4.78, 5) is 24.2. The van der Waals surface area contributed by atoms with Gasteiger partial charge in [-0.2, -0.15) is 5.26 Å². The Bertz CT molecular complexity index is 785. The largest absolute Gasteiger partial charge is 0.462 e. The van der Waals surface area contributed by atoms with Gasteiger partial charge in [0.1, 0.15) is 28.2 Å². The molecule has 2 aromatic rings. The number of hydrogen-bond acceptors (Lipinski definition) is 7. The zero-order valence-electron chi connectivity index (χ0n) is 12.7. The van der Waals surface area contributed by atoms with Crippen LogP contribution in [-0.4, -0.2) is 23.1 Å². The van der Waals surface area contributed by atoms with Gasteiger partial charge in [-0.3, -0.25) is 0 Å². The first-order valence-corrected chi connectivity index (χ1v) is 7.58. The molecule has 2 heterocycles. The van der Waals surface area contributed by atoms with Crippen molar-refractivity contribution in [1.82, 2.24) is 4.57 Å². The summed E-state index contributed by atoms with van der Waals surface area (Å²) in [6, 6.07) is 5.26. The molecule has 2 aromatic heterocycles. The molecule has 23 heavy (non-hydrogen) atoms. The Morgan fingerprint density at radius 1 is 1.39 bits per heavy atom. The van der Waals surface area contributed by atoms with Gasteiger partial charge in [-0.05, 0) is 19.1 Å². The normalized spacial score (nSPS) is 10.1. The molecule has 0 spiro atoms. The molecule has 0 aliphatic rings. The van der Waals surface area contributed by atoms with Crippen molar-refractivity contribution in [3.8, 4) is 6.07 Å². The third kappa shape index (κ3) is 3.35. The summed E-state index contributed by atoms with van der Waals surface area (Å²) >= 11 is 0.950. The van der Waals surface area contributed by atoms with Crippen molar-refractivity contribution < 1.29 is 19.1 Å². The standard InChI is InChI=1S/C15H15N3O4S/c1-3-21-15(20)12-10(9(7-16)13(17)23-12)8-22-14(19)11-5-4-6-18(11)2/h4-6H,3,8,17H2,1-2H3. The van der Waals surface area contributed by atoms with E-state index in [0.717, 1.165) is 11.3 Å². The van der Waals surface area contributed by atoms with Crippen LogP contribution in [0.3, 0.4) is 0 Å². The van der Waals surface area contributed by atoms with Crippen LogP contribution in [0, 0.1) is 11.3 Å². The molecular weight excluding hydrogens is 318 g/mol. The summed E-state index contributed by atoms with van der Waals surface area (Å²) in [5.41, 5.74) is 6.53. The number of carbonyl (C=O) groups excluding carboxylic acids is 2. The van der Waals surface area contributed by atoms with Gasteiger partial charge in [0.05, 0.1) is 12.2 Å². The molecule has 0 fully saturated rings. The monoisotopic (exact) mass is 333 g/mol. The quantitative estimate of drug-likeness (QED) is 0.839. The molecule has 0 aliphatic heterocycles. The van der Waals surface area contributed by atoms with E-state index >= 15 is 0 Å². The molecule has 120 valence electrons. The van der Waals surface area contributed by atoms with Crippen molar-refractivity contribution in [3.05, 3.63) is 40.0 Å². The maximum atomic E-state index is 12.0. The van der Waals surface area contributed by atoms with E-state index < -0.39 is 11.9 Å². The zero-order valence-corrected chi connectivity index (χ0v) is 13.5. The molecule has 0 bridgehead atoms. The first-order valence-electron chi connectivity index (χ1n) is 6.76. The predicted octanol–water partition coefficient (Wildman–Crippen LogP) is 2.07. The van der Waals surface area contributed by atoms with Gasteiger partial charge in [0, 0.05) is 18.8 Å². The van der Waals surface area contributed by atoms with Gasteiger partial charge in [-0.1, -0.05) is 0 Å². The van der Waals surface area contributed by atoms with Crippen LogP contribution < -0.4 is 5.73 Å². The summed E-state index contributed by atoms with van der Waals surface area (Å²) in [6.45, 7) is 1.64. The third-order valence-corrected chi connectivity index (χ3v) is 4.15. The van der Waals surface area contributed by atoms with Gasteiger partial charge in [-0.15, -0.1) is 11.3 Å². The van der Waals surface area contributed by atoms with Crippen molar-refractivity contribution in [3.63, 3.8) is 0 Å². The molecular formula is C15H15N3O4S. The molecule has 8 heteroatoms. The zero-order chi connectivity index (χ0) is 17.0. The Morgan fingerprint density at radius 2 is 2.13 bits per heavy atom. The van der Waals surface area contributed by atoms with Crippen molar-refractivity contribution in [1.29, 1.82) is 5.26 Å². The SMILES string of the molecule is CCOC(=O)c1sc(N)c(C#N)c1COC(=O)c1cccn1C. The number of hydrogen-bond donors (Lipinski definition) is 1. The van der Waals surface area contributed by atoms with Crippen LogP contribution in [0.5, 0.6) is 0 Å². The van der Waals surface area contributed by atoms with Gasteiger partial charge < -0.3 is 19.8 Å². The highest BCUT2D eigenvalue weighted by Crippen LogP contribution is 2.32. The molecule has 0 radical (unpaired) electrons. The Hall–Kier alpha value is -2.79. The van der Waals surface area contributed by atoms with Crippen LogP contribution in [0.25, 0.3) is 0 Å². The highest BCUT2D eigenvalue weighted by atomic mass is 32.1. The fourth-order valence-electron chi connectivity index (χ4n) is 1.99. The second kappa shape index (κ2) is 6.98. The molecule has 2 N–H and O–H groups in total. The summed E-state index contributed by atoms with van der Waals surface area (Å²) in [6.07, 6.45) is 1.71. The number of nitriles is 1. The number of nitrogens with zero attached hydrogens (tertiary/aromatic N) is 2. The number of ether oxygens (including phenoxy) is 2. The molecule has 0 saturated heterocycles. The predicted molar refractivity (Wildman–Crippen MR) is 83.9 cm³/mol. The van der Waals surface area contributed by atoms with E-state index in [1.165, 1.54) is 0 Å². The van der Waals surface area contributed by atoms with Crippen LogP contribution in [0.1, 0.15) is 38.2 Å². The number of carbonyl (C=O) groups is 2. The average Bonchev–Trinajstić information content (AvgIpc) is 3.08. The summed E-state index contributed by atoms with van der Waals surface area (Å²) < 4.78 is 11.8. The van der Waals surface area contributed by atoms with E-state index in [0.29, 0.717) is 5.69 Å². The molecule has 0 amide bonds. The Kier molecular flexibility index (Phi) is 5.03. The number of aromatic nitrogens is 1. The molecule has 0 unspecified atom stereocenters. The summed E-state index contributed by atoms with van der Waals surface area (Å²) in [5, 5.41) is 9.39. The van der Waals surface area contributed by atoms with Crippen LogP contribution in [0.15, 0.2) is 18.3 Å². The lowest BCUT2D eigenvalue weighted by Gasteiger charge is -2.07. The van der Waals surface area contributed by atoms with Crippen LogP contribution in [-0.2, 0) is 23.1 Å². The Labute approximate surface area is 136 Å². The van der Waals surface area contributed by atoms with E-state index in [4.69, 9.17) is 15.2 Å². The molecule has 0 aromatic carbocycles. The van der Waals surface area contributed by atoms with Crippen LogP contribution >= 0.6 is 11.3 Å². The minimum atomic E-state index is -0.587. The molecule has 0 atom stereocenters. The number of rotatable bonds is 5. The highest BCUT2D eigenvalue weighted by molar-refractivity contribution is 7.18. The lowest BCUT2D eigenvalue weighted by molar-refractivity contribution is 0.0443. The fraction of sp³-hybridized carbons (Fsp3) is 0.267. The van der Waals surface area contributed by atoms with Crippen LogP contribution in [0.4, 0.5) is 5.00 Å². The molecule has 2 rings (SSSR count). The van der Waals surface area contributed by atoms with E-state index in [9.17, 15) is 14.9 Å². The average molecular weight is 333 g/mol. The number of nitrogen functional groups attached to an aromatic ring is 1. The number of esters is 2. The number of aryl methyl sites for hydroxylation is 1. The molecule has 0 saturated carbocycles. The van der Waals surface area contributed by atoms with Crippen LogP contribution in [0.2, 0.25) is 0 Å². The fourth-order valence-corrected chi connectivity index (χ4v) is 2.91. The van der Waals surface area contributed by atoms with Gasteiger partial charge in [0.25, 0.3) is 0 Å². The van der Waals surface area contributed by atoms with Gasteiger partial charge in [0.15, 0.2) is 0 Å². The van der Waals surface area contributed by atoms with Gasteiger partial charge >= 0.3 is 11.9 Å². The summed E-state index contributed by atoms with van der Waals surface area (Å²) in [5.74, 6) is -1.14. The minimum Gasteiger partial charge on any atom is -0.462 e. The van der Waals surface area contributed by atoms with E-state index in [1.54, 1.807) is 36.9 Å². The van der Waals surface area contributed by atoms with Crippen molar-refractivity contribution in [2.45, 2.75) is 13.5 Å². The third-order valence-electron chi connectivity index (χ3n) is 3.11. The number of anilines is 1. The highest BCUT2D eigenvalue weighted by Gasteiger charge is 2.24. The van der Waals surface area contributed by atoms with Crippen molar-refractivity contribution in [2.75, 3.05) is 12.3 Å². The topological polar surface area (TPSA) is 107 Å². The first-order chi connectivity index (χ1) is 11.0. The van der Waals surface area contributed by atoms with Crippen molar-refractivity contribution in [2.24, 2.45) is 7.05 Å². The van der Waals surface area contributed by atoms with E-state index in [2.05, 4.69) is 0 Å². The van der Waals surface area contributed by atoms with Crippen molar-refractivity contribution >= 4 is 28.3 Å². The first kappa shape index (κ1) is 16.6. The van der Waals surface area contributed by atoms with E-state index in [-0.39, 0.29) is 34.2 Å². The second-order valence-electron chi connectivity index (χ2n) is 4.56. The second-order valence-corrected chi connectivity index (χ2v) is 5.61. The minimum absolute atomic E-state index is 0.137. The summed E-state index contributed by atoms with van der Waals surface area (Å²) in [7, 11) is 1.71. The Morgan fingerprint density at radius 3 is 2.70 bits per heavy atom.